The molecule has 0 atom stereocenters. The fourth-order valence-electron chi connectivity index (χ4n) is 1.82. The van der Waals surface area contributed by atoms with Gasteiger partial charge in [-0.25, -0.2) is 0 Å². The van der Waals surface area contributed by atoms with Crippen molar-refractivity contribution < 1.29 is 0 Å². The van der Waals surface area contributed by atoms with Crippen LogP contribution >= 0.6 is 15.9 Å². The molecule has 0 nitrogen and oxygen atoms in total. The molecule has 0 unspecified atom stereocenters. The van der Waals surface area contributed by atoms with Crippen LogP contribution in [0.2, 0.25) is 0 Å². The van der Waals surface area contributed by atoms with Gasteiger partial charge in [-0.05, 0) is 42.5 Å². The molecule has 2 rings (SSSR count). The van der Waals surface area contributed by atoms with Crippen LogP contribution in [0, 0.1) is 0 Å². The Labute approximate surface area is 87.1 Å². The Kier molecular flexibility index (Phi) is 2.39. The van der Waals surface area contributed by atoms with Crippen molar-refractivity contribution in [2.45, 2.75) is 19.3 Å². The van der Waals surface area contributed by atoms with Gasteiger partial charge in [0, 0.05) is 10.0 Å². The molecule has 1 aromatic rings. The first kappa shape index (κ1) is 8.80. The van der Waals surface area contributed by atoms with Gasteiger partial charge < -0.3 is 0 Å². The van der Waals surface area contributed by atoms with Crippen molar-refractivity contribution in [2.24, 2.45) is 0 Å². The lowest BCUT2D eigenvalue weighted by atomic mass is 9.88. The third-order valence-corrected chi connectivity index (χ3v) is 2.98. The number of hydrogen-bond donors (Lipinski definition) is 0. The van der Waals surface area contributed by atoms with Crippen molar-refractivity contribution in [1.29, 1.82) is 0 Å². The first-order valence-electron chi connectivity index (χ1n) is 4.49. The second-order valence-electron chi connectivity index (χ2n) is 3.31. The van der Waals surface area contributed by atoms with Gasteiger partial charge in [-0.15, -0.1) is 5.73 Å². The van der Waals surface area contributed by atoms with Crippen LogP contribution in [-0.4, -0.2) is 0 Å². The molecule has 0 heterocycles. The highest BCUT2D eigenvalue weighted by Crippen LogP contribution is 2.31. The molecule has 1 aromatic carbocycles. The van der Waals surface area contributed by atoms with E-state index in [-0.39, 0.29) is 0 Å². The Morgan fingerprint density at radius 3 is 2.92 bits per heavy atom. The highest BCUT2D eigenvalue weighted by atomic mass is 79.9. The Morgan fingerprint density at radius 1 is 1.31 bits per heavy atom. The van der Waals surface area contributed by atoms with Crippen LogP contribution in [0.25, 0.3) is 5.57 Å². The topological polar surface area (TPSA) is 0 Å². The summed E-state index contributed by atoms with van der Waals surface area (Å²) in [5.74, 6) is 0. The monoisotopic (exact) mass is 234 g/mol. The van der Waals surface area contributed by atoms with E-state index in [0.29, 0.717) is 0 Å². The van der Waals surface area contributed by atoms with Gasteiger partial charge in [0.15, 0.2) is 0 Å². The van der Waals surface area contributed by atoms with E-state index < -0.39 is 0 Å². The zero-order valence-electron chi connectivity index (χ0n) is 7.44. The minimum atomic E-state index is 1.12. The van der Waals surface area contributed by atoms with Crippen LogP contribution in [0.1, 0.15) is 24.0 Å². The van der Waals surface area contributed by atoms with Crippen LogP contribution in [0.15, 0.2) is 35.0 Å². The van der Waals surface area contributed by atoms with Gasteiger partial charge in [0.05, 0.1) is 0 Å². The molecule has 0 saturated carbocycles. The summed E-state index contributed by atoms with van der Waals surface area (Å²) < 4.78 is 1.14. The molecule has 66 valence electrons. The molecule has 0 N–H and O–H groups in total. The number of rotatable bonds is 0. The van der Waals surface area contributed by atoms with Crippen molar-refractivity contribution in [3.63, 3.8) is 0 Å². The van der Waals surface area contributed by atoms with Crippen LogP contribution in [0.4, 0.5) is 0 Å². The SMILES string of the molecule is C=C=C1CCCc2ccc(Br)cc21. The van der Waals surface area contributed by atoms with E-state index in [0.717, 1.165) is 10.9 Å². The van der Waals surface area contributed by atoms with E-state index in [2.05, 4.69) is 46.4 Å². The van der Waals surface area contributed by atoms with Crippen molar-refractivity contribution in [2.75, 3.05) is 0 Å². The quantitative estimate of drug-likeness (QED) is 0.597. The lowest BCUT2D eigenvalue weighted by Gasteiger charge is -2.17. The Bertz CT molecular complexity index is 384. The van der Waals surface area contributed by atoms with Gasteiger partial charge in [0.25, 0.3) is 0 Å². The number of benzene rings is 1. The fraction of sp³-hybridized carbons (Fsp3) is 0.250. The van der Waals surface area contributed by atoms with Crippen molar-refractivity contribution in [3.05, 3.63) is 46.1 Å². The van der Waals surface area contributed by atoms with Gasteiger partial charge in [-0.1, -0.05) is 28.6 Å². The zero-order valence-corrected chi connectivity index (χ0v) is 9.02. The second-order valence-corrected chi connectivity index (χ2v) is 4.23. The Hall–Kier alpha value is -0.780. The predicted molar refractivity (Wildman–Crippen MR) is 59.6 cm³/mol. The van der Waals surface area contributed by atoms with E-state index in [1.165, 1.54) is 29.5 Å². The van der Waals surface area contributed by atoms with Crippen LogP contribution in [0.3, 0.4) is 0 Å². The molecule has 1 heteroatoms. The summed E-state index contributed by atoms with van der Waals surface area (Å²) in [6, 6.07) is 6.46. The zero-order chi connectivity index (χ0) is 9.26. The average molecular weight is 235 g/mol. The number of allylic oxidation sites excluding steroid dienone is 1. The fourth-order valence-corrected chi connectivity index (χ4v) is 2.18. The minimum Gasteiger partial charge on any atom is -0.125 e. The van der Waals surface area contributed by atoms with Gasteiger partial charge in [0.1, 0.15) is 0 Å². The minimum absolute atomic E-state index is 1.12. The molecule has 0 amide bonds. The highest BCUT2D eigenvalue weighted by molar-refractivity contribution is 9.10. The molecule has 0 aromatic heterocycles. The molecule has 0 radical (unpaired) electrons. The highest BCUT2D eigenvalue weighted by Gasteiger charge is 2.13. The Morgan fingerprint density at radius 2 is 2.15 bits per heavy atom. The van der Waals surface area contributed by atoms with Gasteiger partial charge in [0.2, 0.25) is 0 Å². The van der Waals surface area contributed by atoms with Gasteiger partial charge in [-0.3, -0.25) is 0 Å². The molecular formula is C12H11Br. The largest absolute Gasteiger partial charge is 0.125 e. The second kappa shape index (κ2) is 3.53. The third kappa shape index (κ3) is 1.63. The van der Waals surface area contributed by atoms with E-state index in [1.807, 2.05) is 0 Å². The number of fused-ring (bicyclic) bond motifs is 1. The molecule has 0 fully saturated rings. The summed E-state index contributed by atoms with van der Waals surface area (Å²) in [6.45, 7) is 3.74. The maximum atomic E-state index is 3.74. The van der Waals surface area contributed by atoms with E-state index >= 15 is 0 Å². The lowest BCUT2D eigenvalue weighted by molar-refractivity contribution is 0.822. The summed E-state index contributed by atoms with van der Waals surface area (Å²) >= 11 is 3.49. The maximum absolute atomic E-state index is 3.74. The number of hydrogen-bond acceptors (Lipinski definition) is 0. The van der Waals surface area contributed by atoms with Crippen LogP contribution < -0.4 is 0 Å². The third-order valence-electron chi connectivity index (χ3n) is 2.48. The first-order valence-corrected chi connectivity index (χ1v) is 5.28. The molecule has 13 heavy (non-hydrogen) atoms. The van der Waals surface area contributed by atoms with E-state index in [9.17, 15) is 0 Å². The lowest BCUT2D eigenvalue weighted by Crippen LogP contribution is -2.00. The summed E-state index contributed by atoms with van der Waals surface area (Å²) in [4.78, 5) is 0. The molecule has 0 bridgehead atoms. The molecule has 1 aliphatic carbocycles. The Balaban J connectivity index is 2.60. The van der Waals surface area contributed by atoms with Crippen LogP contribution in [0.5, 0.6) is 0 Å². The predicted octanol–water partition coefficient (Wildman–Crippen LogP) is 3.95. The molecule has 1 aliphatic rings. The van der Waals surface area contributed by atoms with Gasteiger partial charge >= 0.3 is 0 Å². The first-order chi connectivity index (χ1) is 6.31. The summed E-state index contributed by atoms with van der Waals surface area (Å²) in [5, 5.41) is 0. The number of aryl methyl sites for hydroxylation is 1. The van der Waals surface area contributed by atoms with E-state index in [1.54, 1.807) is 0 Å². The maximum Gasteiger partial charge on any atom is 0.0181 e. The van der Waals surface area contributed by atoms with Crippen molar-refractivity contribution >= 4 is 21.5 Å². The smallest absolute Gasteiger partial charge is 0.0181 e. The van der Waals surface area contributed by atoms with Crippen molar-refractivity contribution in [1.82, 2.24) is 0 Å². The molecule has 0 spiro atoms. The van der Waals surface area contributed by atoms with Crippen molar-refractivity contribution in [3.8, 4) is 0 Å². The molecule has 0 aliphatic heterocycles. The normalized spacial score (nSPS) is 15.0. The summed E-state index contributed by atoms with van der Waals surface area (Å²) in [6.07, 6.45) is 3.53. The summed E-state index contributed by atoms with van der Waals surface area (Å²) in [5.41, 5.74) is 7.06. The average Bonchev–Trinajstić information content (AvgIpc) is 2.17. The van der Waals surface area contributed by atoms with Gasteiger partial charge in [-0.2, -0.15) is 0 Å². The molecular weight excluding hydrogens is 224 g/mol. The number of halogens is 1. The van der Waals surface area contributed by atoms with E-state index in [4.69, 9.17) is 0 Å². The standard InChI is InChI=1S/C12H11Br/c1-2-9-4-3-5-10-6-7-11(13)8-12(9)10/h6-8H,1,3-5H2. The van der Waals surface area contributed by atoms with Crippen LogP contribution in [-0.2, 0) is 6.42 Å². The molecule has 0 saturated heterocycles. The summed E-state index contributed by atoms with van der Waals surface area (Å²) in [7, 11) is 0.